The molecule has 1 saturated carbocycles. The Morgan fingerprint density at radius 3 is 2.84 bits per heavy atom. The molecule has 2 rings (SSSR count). The highest BCUT2D eigenvalue weighted by atomic mass is 32.1. The van der Waals surface area contributed by atoms with Crippen molar-refractivity contribution in [2.45, 2.75) is 45.4 Å². The van der Waals surface area contributed by atoms with Gasteiger partial charge in [-0.2, -0.15) is 0 Å². The van der Waals surface area contributed by atoms with Crippen LogP contribution in [-0.4, -0.2) is 16.5 Å². The molecular weight excluding hydrogens is 254 g/mol. The zero-order valence-electron chi connectivity index (χ0n) is 11.6. The summed E-state index contributed by atoms with van der Waals surface area (Å²) < 4.78 is 0. The van der Waals surface area contributed by atoms with Gasteiger partial charge in [-0.15, -0.1) is 0 Å². The molecule has 1 fully saturated rings. The summed E-state index contributed by atoms with van der Waals surface area (Å²) in [7, 11) is 0. The summed E-state index contributed by atoms with van der Waals surface area (Å²) in [4.78, 5) is 4.89. The third-order valence-corrected chi connectivity index (χ3v) is 4.08. The van der Waals surface area contributed by atoms with E-state index in [1.807, 2.05) is 19.1 Å². The molecule has 0 aromatic carbocycles. The van der Waals surface area contributed by atoms with Crippen LogP contribution in [0.25, 0.3) is 0 Å². The summed E-state index contributed by atoms with van der Waals surface area (Å²) in [5.74, 6) is 1.78. The third-order valence-electron chi connectivity index (χ3n) is 3.86. The summed E-state index contributed by atoms with van der Waals surface area (Å²) in [5, 5.41) is 3.38. The minimum atomic E-state index is 0.408. The molecule has 1 aromatic rings. The van der Waals surface area contributed by atoms with E-state index in [4.69, 9.17) is 18.0 Å². The van der Waals surface area contributed by atoms with Gasteiger partial charge in [-0.25, -0.2) is 4.98 Å². The minimum absolute atomic E-state index is 0.408. The Labute approximate surface area is 121 Å². The Kier molecular flexibility index (Phi) is 5.14. The first-order valence-electron chi connectivity index (χ1n) is 7.18. The number of nitrogens with zero attached hydrogens (tertiary/aromatic N) is 1. The minimum Gasteiger partial charge on any atom is -0.389 e. The smallest absolute Gasteiger partial charge is 0.136 e. The van der Waals surface area contributed by atoms with E-state index in [9.17, 15) is 0 Å². The van der Waals surface area contributed by atoms with E-state index in [-0.39, 0.29) is 0 Å². The maximum absolute atomic E-state index is 5.72. The number of nitrogens with one attached hydrogen (secondary N) is 1. The lowest BCUT2D eigenvalue weighted by Crippen LogP contribution is -2.15. The molecule has 4 heteroatoms. The van der Waals surface area contributed by atoms with Crippen LogP contribution in [0.15, 0.2) is 12.1 Å². The van der Waals surface area contributed by atoms with Crippen molar-refractivity contribution >= 4 is 23.0 Å². The molecule has 3 N–H and O–H groups in total. The molecule has 0 unspecified atom stereocenters. The summed E-state index contributed by atoms with van der Waals surface area (Å²) in [6.07, 6.45) is 8.19. The number of aryl methyl sites for hydroxylation is 1. The fraction of sp³-hybridized carbons (Fsp3) is 0.600. The van der Waals surface area contributed by atoms with Gasteiger partial charge in [0.25, 0.3) is 0 Å². The van der Waals surface area contributed by atoms with Crippen LogP contribution in [0.1, 0.15) is 49.8 Å². The first kappa shape index (κ1) is 14.3. The lowest BCUT2D eigenvalue weighted by molar-refractivity contribution is 0.491. The van der Waals surface area contributed by atoms with Crippen molar-refractivity contribution in [1.82, 2.24) is 4.98 Å². The number of pyridine rings is 1. The lowest BCUT2D eigenvalue weighted by Gasteiger charge is -2.12. The van der Waals surface area contributed by atoms with Gasteiger partial charge in [0.2, 0.25) is 0 Å². The zero-order chi connectivity index (χ0) is 13.7. The van der Waals surface area contributed by atoms with Crippen LogP contribution in [0.2, 0.25) is 0 Å². The first-order valence-corrected chi connectivity index (χ1v) is 7.59. The van der Waals surface area contributed by atoms with Gasteiger partial charge in [0.1, 0.15) is 10.8 Å². The largest absolute Gasteiger partial charge is 0.389 e. The van der Waals surface area contributed by atoms with Crippen molar-refractivity contribution in [2.75, 3.05) is 11.9 Å². The number of hydrogen-bond donors (Lipinski definition) is 2. The van der Waals surface area contributed by atoms with Crippen molar-refractivity contribution in [3.8, 4) is 0 Å². The van der Waals surface area contributed by atoms with Gasteiger partial charge in [0, 0.05) is 12.2 Å². The van der Waals surface area contributed by atoms with E-state index in [0.29, 0.717) is 4.99 Å². The average Bonchev–Trinajstić information content (AvgIpc) is 2.87. The fourth-order valence-electron chi connectivity index (χ4n) is 2.79. The predicted octanol–water partition coefficient (Wildman–Crippen LogP) is 3.41. The Hall–Kier alpha value is -1.16. The number of thiocarbonyl (C=S) groups is 1. The Morgan fingerprint density at radius 1 is 1.42 bits per heavy atom. The second-order valence-corrected chi connectivity index (χ2v) is 5.87. The van der Waals surface area contributed by atoms with Crippen molar-refractivity contribution in [3.05, 3.63) is 23.4 Å². The molecule has 0 amide bonds. The predicted molar refractivity (Wildman–Crippen MR) is 84.5 cm³/mol. The molecule has 1 aromatic heterocycles. The van der Waals surface area contributed by atoms with E-state index < -0.39 is 0 Å². The monoisotopic (exact) mass is 277 g/mol. The van der Waals surface area contributed by atoms with Gasteiger partial charge in [-0.05, 0) is 37.8 Å². The highest BCUT2D eigenvalue weighted by Gasteiger charge is 2.14. The van der Waals surface area contributed by atoms with Crippen molar-refractivity contribution < 1.29 is 0 Å². The number of nitrogens with two attached hydrogens (primary N) is 1. The number of aromatic nitrogens is 1. The van der Waals surface area contributed by atoms with Crippen molar-refractivity contribution in [1.29, 1.82) is 0 Å². The van der Waals surface area contributed by atoms with Crippen LogP contribution in [0.5, 0.6) is 0 Å². The highest BCUT2D eigenvalue weighted by Crippen LogP contribution is 2.28. The molecule has 0 spiro atoms. The quantitative estimate of drug-likeness (QED) is 0.618. The summed E-state index contributed by atoms with van der Waals surface area (Å²) in [6.45, 7) is 2.93. The van der Waals surface area contributed by atoms with E-state index in [1.165, 1.54) is 38.5 Å². The molecule has 1 heterocycles. The van der Waals surface area contributed by atoms with Gasteiger partial charge >= 0.3 is 0 Å². The van der Waals surface area contributed by atoms with E-state index in [0.717, 1.165) is 29.5 Å². The van der Waals surface area contributed by atoms with E-state index in [1.54, 1.807) is 0 Å². The maximum atomic E-state index is 5.72. The van der Waals surface area contributed by atoms with E-state index >= 15 is 0 Å². The standard InChI is InChI=1S/C15H23N3S/c1-11-8-9-13(14(16)19)15(18-11)17-10-4-7-12-5-2-3-6-12/h8-9,12H,2-7,10H2,1H3,(H2,16,19)(H,17,18). The lowest BCUT2D eigenvalue weighted by atomic mass is 10.0. The van der Waals surface area contributed by atoms with Gasteiger partial charge in [0.05, 0.1) is 5.56 Å². The molecule has 0 radical (unpaired) electrons. The Balaban J connectivity index is 1.84. The van der Waals surface area contributed by atoms with Gasteiger partial charge in [-0.1, -0.05) is 37.9 Å². The van der Waals surface area contributed by atoms with Crippen LogP contribution in [-0.2, 0) is 0 Å². The van der Waals surface area contributed by atoms with Gasteiger partial charge in [0.15, 0.2) is 0 Å². The van der Waals surface area contributed by atoms with Crippen LogP contribution in [0, 0.1) is 12.8 Å². The number of hydrogen-bond acceptors (Lipinski definition) is 3. The highest BCUT2D eigenvalue weighted by molar-refractivity contribution is 7.80. The van der Waals surface area contributed by atoms with Crippen LogP contribution >= 0.6 is 12.2 Å². The topological polar surface area (TPSA) is 50.9 Å². The fourth-order valence-corrected chi connectivity index (χ4v) is 2.95. The molecule has 1 aliphatic rings. The summed E-state index contributed by atoms with van der Waals surface area (Å²) >= 11 is 5.06. The summed E-state index contributed by atoms with van der Waals surface area (Å²) in [5.41, 5.74) is 7.55. The number of rotatable bonds is 6. The van der Waals surface area contributed by atoms with Crippen molar-refractivity contribution in [2.24, 2.45) is 11.7 Å². The second kappa shape index (κ2) is 6.85. The molecule has 104 valence electrons. The Morgan fingerprint density at radius 2 is 2.16 bits per heavy atom. The molecule has 0 bridgehead atoms. The zero-order valence-corrected chi connectivity index (χ0v) is 12.4. The average molecular weight is 277 g/mol. The second-order valence-electron chi connectivity index (χ2n) is 5.43. The molecule has 0 atom stereocenters. The molecule has 1 aliphatic carbocycles. The van der Waals surface area contributed by atoms with Gasteiger partial charge in [-0.3, -0.25) is 0 Å². The maximum Gasteiger partial charge on any atom is 0.136 e. The molecule has 19 heavy (non-hydrogen) atoms. The van der Waals surface area contributed by atoms with Gasteiger partial charge < -0.3 is 11.1 Å². The molecular formula is C15H23N3S. The molecule has 3 nitrogen and oxygen atoms in total. The van der Waals surface area contributed by atoms with E-state index in [2.05, 4.69) is 10.3 Å². The summed E-state index contributed by atoms with van der Waals surface area (Å²) in [6, 6.07) is 3.89. The molecule has 0 saturated heterocycles. The van der Waals surface area contributed by atoms with Crippen LogP contribution < -0.4 is 11.1 Å². The Bertz CT molecular complexity index is 439. The first-order chi connectivity index (χ1) is 9.16. The number of anilines is 1. The SMILES string of the molecule is Cc1ccc(C(N)=S)c(NCCCC2CCCC2)n1. The molecule has 0 aliphatic heterocycles. The normalized spacial score (nSPS) is 15.6. The van der Waals surface area contributed by atoms with Crippen LogP contribution in [0.4, 0.5) is 5.82 Å². The third kappa shape index (κ3) is 4.16. The van der Waals surface area contributed by atoms with Crippen LogP contribution in [0.3, 0.4) is 0 Å². The van der Waals surface area contributed by atoms with Crippen molar-refractivity contribution in [3.63, 3.8) is 0 Å².